The van der Waals surface area contributed by atoms with E-state index in [4.69, 9.17) is 0 Å². The van der Waals surface area contributed by atoms with E-state index >= 15 is 0 Å². The predicted octanol–water partition coefficient (Wildman–Crippen LogP) is 3.81. The number of fused-ring (bicyclic) bond motifs is 1. The summed E-state index contributed by atoms with van der Waals surface area (Å²) in [6.07, 6.45) is 4.97. The fourth-order valence-corrected chi connectivity index (χ4v) is 3.57. The van der Waals surface area contributed by atoms with Gasteiger partial charge in [-0.3, -0.25) is 29.6 Å². The molecule has 0 aliphatic rings. The molecule has 0 aliphatic heterocycles. The number of nitrogens with zero attached hydrogens (tertiary/aromatic N) is 5. The van der Waals surface area contributed by atoms with Crippen molar-refractivity contribution < 1.29 is 4.92 Å². The summed E-state index contributed by atoms with van der Waals surface area (Å²) < 4.78 is 1.49. The van der Waals surface area contributed by atoms with Crippen LogP contribution in [-0.2, 0) is 6.54 Å². The Hall–Kier alpha value is -4.66. The summed E-state index contributed by atoms with van der Waals surface area (Å²) >= 11 is 0. The Balaban J connectivity index is 1.54. The summed E-state index contributed by atoms with van der Waals surface area (Å²) in [7, 11) is 0. The van der Waals surface area contributed by atoms with Crippen LogP contribution in [0.3, 0.4) is 0 Å². The van der Waals surface area contributed by atoms with E-state index < -0.39 is 4.92 Å². The number of H-pyrrole nitrogens is 1. The number of benzene rings is 2. The normalized spacial score (nSPS) is 11.0. The van der Waals surface area contributed by atoms with Crippen molar-refractivity contribution in [3.05, 3.63) is 105 Å². The molecule has 156 valence electrons. The van der Waals surface area contributed by atoms with E-state index in [-0.39, 0.29) is 17.8 Å². The number of aromatic amines is 1. The van der Waals surface area contributed by atoms with Gasteiger partial charge in [0.25, 0.3) is 11.2 Å². The van der Waals surface area contributed by atoms with Crippen molar-refractivity contribution >= 4 is 16.6 Å². The molecule has 32 heavy (non-hydrogen) atoms. The number of aromatic nitrogens is 5. The molecule has 3 heterocycles. The van der Waals surface area contributed by atoms with Gasteiger partial charge in [0.15, 0.2) is 0 Å². The second-order valence-corrected chi connectivity index (χ2v) is 7.20. The number of pyridine rings is 1. The van der Waals surface area contributed by atoms with Crippen LogP contribution in [0.1, 0.15) is 5.56 Å². The average Bonchev–Trinajstić information content (AvgIpc) is 3.32. The lowest BCUT2D eigenvalue weighted by Gasteiger charge is -2.08. The van der Waals surface area contributed by atoms with Gasteiger partial charge in [-0.05, 0) is 35.4 Å². The molecule has 9 heteroatoms. The molecule has 0 spiro atoms. The Morgan fingerprint density at radius 3 is 2.62 bits per heavy atom. The topological polar surface area (TPSA) is 120 Å². The maximum atomic E-state index is 13.2. The van der Waals surface area contributed by atoms with Gasteiger partial charge in [-0.25, -0.2) is 4.98 Å². The quantitative estimate of drug-likeness (QED) is 0.338. The molecule has 0 aliphatic carbocycles. The van der Waals surface area contributed by atoms with Crippen molar-refractivity contribution in [2.75, 3.05) is 0 Å². The first-order valence-electron chi connectivity index (χ1n) is 9.78. The molecule has 5 aromatic rings. The maximum Gasteiger partial charge on any atom is 0.269 e. The molecule has 0 bridgehead atoms. The van der Waals surface area contributed by atoms with Gasteiger partial charge >= 0.3 is 0 Å². The highest BCUT2D eigenvalue weighted by Crippen LogP contribution is 2.30. The van der Waals surface area contributed by atoms with Crippen molar-refractivity contribution in [1.82, 2.24) is 24.7 Å². The average molecular weight is 424 g/mol. The van der Waals surface area contributed by atoms with E-state index in [9.17, 15) is 14.9 Å². The Kier molecular flexibility index (Phi) is 4.75. The maximum absolute atomic E-state index is 13.2. The van der Waals surface area contributed by atoms with Crippen molar-refractivity contribution in [2.24, 2.45) is 0 Å². The number of nitrogens with one attached hydrogen (secondary N) is 1. The van der Waals surface area contributed by atoms with E-state index in [1.54, 1.807) is 36.7 Å². The zero-order chi connectivity index (χ0) is 22.1. The van der Waals surface area contributed by atoms with Crippen LogP contribution >= 0.6 is 0 Å². The van der Waals surface area contributed by atoms with Crippen molar-refractivity contribution in [1.29, 1.82) is 0 Å². The number of hydrogen-bond acceptors (Lipinski definition) is 6. The summed E-state index contributed by atoms with van der Waals surface area (Å²) in [5.41, 5.74) is 4.23. The number of hydrogen-bond donors (Lipinski definition) is 1. The minimum absolute atomic E-state index is 0.00574. The fraction of sp³-hybridized carbons (Fsp3) is 0.0435. The van der Waals surface area contributed by atoms with Gasteiger partial charge in [-0.15, -0.1) is 0 Å². The Bertz CT molecular complexity index is 1490. The molecule has 0 saturated carbocycles. The summed E-state index contributed by atoms with van der Waals surface area (Å²) in [6.45, 7) is 0.259. The van der Waals surface area contributed by atoms with Crippen LogP contribution in [0.5, 0.6) is 0 Å². The van der Waals surface area contributed by atoms with E-state index in [0.717, 1.165) is 22.4 Å². The van der Waals surface area contributed by atoms with Crippen LogP contribution in [0.15, 0.2) is 84.2 Å². The molecule has 9 nitrogen and oxygen atoms in total. The summed E-state index contributed by atoms with van der Waals surface area (Å²) in [6, 6.07) is 17.2. The molecule has 0 fully saturated rings. The fourth-order valence-electron chi connectivity index (χ4n) is 3.57. The van der Waals surface area contributed by atoms with Gasteiger partial charge in [0.05, 0.1) is 34.4 Å². The zero-order valence-electron chi connectivity index (χ0n) is 16.7. The molecule has 5 rings (SSSR count). The third kappa shape index (κ3) is 3.52. The van der Waals surface area contributed by atoms with Crippen LogP contribution in [0, 0.1) is 10.1 Å². The minimum atomic E-state index is -0.454. The lowest BCUT2D eigenvalue weighted by atomic mass is 10.0. The first-order chi connectivity index (χ1) is 15.6. The summed E-state index contributed by atoms with van der Waals surface area (Å²) in [4.78, 5) is 32.3. The highest BCUT2D eigenvalue weighted by atomic mass is 16.6. The van der Waals surface area contributed by atoms with Crippen molar-refractivity contribution in [2.45, 2.75) is 6.54 Å². The van der Waals surface area contributed by atoms with E-state index in [1.165, 1.54) is 23.0 Å². The number of nitro benzene ring substituents is 1. The molecule has 0 atom stereocenters. The van der Waals surface area contributed by atoms with Gasteiger partial charge in [-0.1, -0.05) is 24.3 Å². The van der Waals surface area contributed by atoms with Crippen LogP contribution in [0.2, 0.25) is 0 Å². The van der Waals surface area contributed by atoms with Gasteiger partial charge < -0.3 is 0 Å². The van der Waals surface area contributed by atoms with Crippen LogP contribution in [0.25, 0.3) is 33.4 Å². The van der Waals surface area contributed by atoms with Crippen molar-refractivity contribution in [3.63, 3.8) is 0 Å². The highest BCUT2D eigenvalue weighted by molar-refractivity contribution is 5.87. The molecule has 0 radical (unpaired) electrons. The Morgan fingerprint density at radius 1 is 1.03 bits per heavy atom. The molecule has 0 unspecified atom stereocenters. The van der Waals surface area contributed by atoms with Gasteiger partial charge in [0, 0.05) is 30.1 Å². The zero-order valence-corrected chi connectivity index (χ0v) is 16.7. The molecule has 0 saturated heterocycles. The number of rotatable bonds is 5. The first kappa shape index (κ1) is 19.3. The molecular weight excluding hydrogens is 408 g/mol. The standard InChI is InChI=1S/C23H16N6O3/c30-23-18-11-16(19-12-26-27-22(19)21-3-1-2-10-24-21)6-9-20(18)25-14-28(23)13-15-4-7-17(8-5-15)29(31)32/h1-12,14H,13H2,(H,26,27). The van der Waals surface area contributed by atoms with Crippen molar-refractivity contribution in [3.8, 4) is 22.5 Å². The summed E-state index contributed by atoms with van der Waals surface area (Å²) in [5.74, 6) is 0. The van der Waals surface area contributed by atoms with E-state index in [1.807, 2.05) is 24.3 Å². The van der Waals surface area contributed by atoms with Gasteiger partial charge in [-0.2, -0.15) is 5.10 Å². The minimum Gasteiger partial charge on any atom is -0.294 e. The van der Waals surface area contributed by atoms with E-state index in [0.29, 0.717) is 16.6 Å². The smallest absolute Gasteiger partial charge is 0.269 e. The highest BCUT2D eigenvalue weighted by Gasteiger charge is 2.14. The predicted molar refractivity (Wildman–Crippen MR) is 119 cm³/mol. The summed E-state index contributed by atoms with van der Waals surface area (Å²) in [5, 5.41) is 18.5. The number of non-ortho nitro benzene ring substituents is 1. The van der Waals surface area contributed by atoms with Crippen LogP contribution < -0.4 is 5.56 Å². The monoisotopic (exact) mass is 424 g/mol. The molecule has 0 amide bonds. The van der Waals surface area contributed by atoms with E-state index in [2.05, 4.69) is 20.2 Å². The Labute approximate surface area is 181 Å². The third-order valence-corrected chi connectivity index (χ3v) is 5.18. The van der Waals surface area contributed by atoms with Crippen LogP contribution in [0.4, 0.5) is 5.69 Å². The molecule has 3 aromatic heterocycles. The van der Waals surface area contributed by atoms with Gasteiger partial charge in [0.1, 0.15) is 5.69 Å². The molecule has 1 N–H and O–H groups in total. The SMILES string of the molecule is O=c1c2cc(-c3c[nH]nc3-c3ccccn3)ccc2ncn1Cc1ccc([N+](=O)[O-])cc1. The number of nitro groups is 1. The van der Waals surface area contributed by atoms with Crippen LogP contribution in [-0.4, -0.2) is 29.7 Å². The second-order valence-electron chi connectivity index (χ2n) is 7.20. The lowest BCUT2D eigenvalue weighted by Crippen LogP contribution is -2.21. The lowest BCUT2D eigenvalue weighted by molar-refractivity contribution is -0.384. The third-order valence-electron chi connectivity index (χ3n) is 5.18. The largest absolute Gasteiger partial charge is 0.294 e. The van der Waals surface area contributed by atoms with Gasteiger partial charge in [0.2, 0.25) is 0 Å². The second kappa shape index (κ2) is 7.88. The molecule has 2 aromatic carbocycles. The molecular formula is C23H16N6O3. The first-order valence-corrected chi connectivity index (χ1v) is 9.78. The Morgan fingerprint density at radius 2 is 1.88 bits per heavy atom.